The van der Waals surface area contributed by atoms with Crippen LogP contribution < -0.4 is 15.4 Å². The minimum absolute atomic E-state index is 0.230. The van der Waals surface area contributed by atoms with Crippen molar-refractivity contribution in [2.75, 3.05) is 39.9 Å². The molecule has 7 nitrogen and oxygen atoms in total. The summed E-state index contributed by atoms with van der Waals surface area (Å²) in [4.78, 5) is 6.98. The standard InChI is InChI=1S/C20H36N4O3S2/c1-5-21-19(23-15-20(10-13-27-4)8-6-7-9-20)22-11-12-24-29(25,26)18-14-16(2)28-17(18)3/h14,24H,5-13,15H2,1-4H3,(H2,21,22,23). The zero-order chi connectivity index (χ0) is 21.3. The summed E-state index contributed by atoms with van der Waals surface area (Å²) in [5, 5.41) is 6.50. The van der Waals surface area contributed by atoms with Crippen molar-refractivity contribution in [2.24, 2.45) is 10.4 Å². The van der Waals surface area contributed by atoms with Gasteiger partial charge in [-0.25, -0.2) is 13.1 Å². The summed E-state index contributed by atoms with van der Waals surface area (Å²) in [6.07, 6.45) is 5.93. The summed E-state index contributed by atoms with van der Waals surface area (Å²) in [6, 6.07) is 1.72. The van der Waals surface area contributed by atoms with Crippen molar-refractivity contribution >= 4 is 27.3 Å². The summed E-state index contributed by atoms with van der Waals surface area (Å²) in [6.45, 7) is 8.85. The van der Waals surface area contributed by atoms with E-state index in [-0.39, 0.29) is 5.41 Å². The Labute approximate surface area is 179 Å². The van der Waals surface area contributed by atoms with Crippen LogP contribution >= 0.6 is 11.3 Å². The third-order valence-corrected chi connectivity index (χ3v) is 8.09. The lowest BCUT2D eigenvalue weighted by molar-refractivity contribution is 0.141. The molecule has 0 radical (unpaired) electrons. The monoisotopic (exact) mass is 444 g/mol. The molecule has 0 aliphatic heterocycles. The summed E-state index contributed by atoms with van der Waals surface area (Å²) in [5.74, 6) is 0.734. The van der Waals surface area contributed by atoms with Crippen LogP contribution in [0.2, 0.25) is 0 Å². The first-order valence-corrected chi connectivity index (χ1v) is 12.7. The second-order valence-electron chi connectivity index (χ2n) is 7.75. The quantitative estimate of drug-likeness (QED) is 0.277. The molecule has 1 heterocycles. The van der Waals surface area contributed by atoms with E-state index < -0.39 is 10.0 Å². The molecule has 0 spiro atoms. The minimum atomic E-state index is -3.48. The molecule has 0 saturated heterocycles. The Hall–Kier alpha value is -1.16. The van der Waals surface area contributed by atoms with Gasteiger partial charge in [-0.05, 0) is 51.5 Å². The Morgan fingerprint density at radius 3 is 2.55 bits per heavy atom. The molecule has 166 valence electrons. The molecule has 3 N–H and O–H groups in total. The molecule has 0 bridgehead atoms. The smallest absolute Gasteiger partial charge is 0.241 e. The highest BCUT2D eigenvalue weighted by Crippen LogP contribution is 2.41. The third-order valence-electron chi connectivity index (χ3n) is 5.41. The van der Waals surface area contributed by atoms with Gasteiger partial charge in [0, 0.05) is 49.6 Å². The van der Waals surface area contributed by atoms with E-state index in [4.69, 9.17) is 9.73 Å². The zero-order valence-corrected chi connectivity index (χ0v) is 19.8. The Kier molecular flexibility index (Phi) is 9.39. The molecular formula is C20H36N4O3S2. The van der Waals surface area contributed by atoms with Crippen LogP contribution in [-0.2, 0) is 14.8 Å². The number of rotatable bonds is 11. The second kappa shape index (κ2) is 11.3. The van der Waals surface area contributed by atoms with Gasteiger partial charge in [0.25, 0.3) is 0 Å². The first kappa shape index (κ1) is 24.1. The average molecular weight is 445 g/mol. The molecule has 9 heteroatoms. The maximum absolute atomic E-state index is 12.5. The van der Waals surface area contributed by atoms with Gasteiger partial charge >= 0.3 is 0 Å². The van der Waals surface area contributed by atoms with Crippen LogP contribution in [0.25, 0.3) is 0 Å². The van der Waals surface area contributed by atoms with Crippen LogP contribution in [0, 0.1) is 19.3 Å². The first-order valence-electron chi connectivity index (χ1n) is 10.4. The van der Waals surface area contributed by atoms with E-state index in [1.54, 1.807) is 13.2 Å². The van der Waals surface area contributed by atoms with Crippen molar-refractivity contribution < 1.29 is 13.2 Å². The van der Waals surface area contributed by atoms with E-state index in [2.05, 4.69) is 15.4 Å². The van der Waals surface area contributed by atoms with Gasteiger partial charge in [-0.1, -0.05) is 12.8 Å². The number of guanidine groups is 1. The maximum atomic E-state index is 12.5. The predicted molar refractivity (Wildman–Crippen MR) is 120 cm³/mol. The molecule has 1 aliphatic rings. The Morgan fingerprint density at radius 1 is 1.24 bits per heavy atom. The van der Waals surface area contributed by atoms with E-state index in [0.29, 0.717) is 18.0 Å². The van der Waals surface area contributed by atoms with Gasteiger partial charge in [0.1, 0.15) is 0 Å². The highest BCUT2D eigenvalue weighted by atomic mass is 32.2. The van der Waals surface area contributed by atoms with Gasteiger partial charge in [0.05, 0.1) is 4.90 Å². The molecule has 0 amide bonds. The molecule has 0 atom stereocenters. The van der Waals surface area contributed by atoms with Crippen LogP contribution in [-0.4, -0.2) is 54.3 Å². The molecule has 29 heavy (non-hydrogen) atoms. The molecule has 0 aromatic carbocycles. The molecule has 0 unspecified atom stereocenters. The Morgan fingerprint density at radius 2 is 1.97 bits per heavy atom. The van der Waals surface area contributed by atoms with Crippen molar-refractivity contribution in [2.45, 2.75) is 57.8 Å². The molecule has 1 fully saturated rings. The number of ether oxygens (including phenoxy) is 1. The van der Waals surface area contributed by atoms with E-state index in [1.165, 1.54) is 37.0 Å². The van der Waals surface area contributed by atoms with Gasteiger partial charge in [0.2, 0.25) is 10.0 Å². The van der Waals surface area contributed by atoms with E-state index in [0.717, 1.165) is 41.8 Å². The van der Waals surface area contributed by atoms with Gasteiger partial charge in [-0.3, -0.25) is 4.99 Å². The van der Waals surface area contributed by atoms with Crippen LogP contribution in [0.5, 0.6) is 0 Å². The van der Waals surface area contributed by atoms with Gasteiger partial charge < -0.3 is 15.4 Å². The maximum Gasteiger partial charge on any atom is 0.241 e. The van der Waals surface area contributed by atoms with Crippen LogP contribution in [0.4, 0.5) is 0 Å². The van der Waals surface area contributed by atoms with Crippen molar-refractivity contribution in [1.82, 2.24) is 15.4 Å². The molecule has 1 aromatic heterocycles. The fourth-order valence-corrected chi connectivity index (χ4v) is 6.42. The van der Waals surface area contributed by atoms with E-state index in [1.807, 2.05) is 20.8 Å². The summed E-state index contributed by atoms with van der Waals surface area (Å²) < 4.78 is 33.0. The SMILES string of the molecule is CCNC(=NCC1(CCOC)CCCC1)NCCNS(=O)(=O)c1cc(C)sc1C. The first-order chi connectivity index (χ1) is 13.8. The summed E-state index contributed by atoms with van der Waals surface area (Å²) >= 11 is 1.50. The van der Waals surface area contributed by atoms with Gasteiger partial charge in [0.15, 0.2) is 5.96 Å². The highest BCUT2D eigenvalue weighted by Gasteiger charge is 2.33. The van der Waals surface area contributed by atoms with Crippen molar-refractivity contribution in [3.8, 4) is 0 Å². The number of nitrogens with one attached hydrogen (secondary N) is 3. The molecular weight excluding hydrogens is 408 g/mol. The Balaban J connectivity index is 1.88. The molecule has 1 saturated carbocycles. The van der Waals surface area contributed by atoms with Gasteiger partial charge in [-0.15, -0.1) is 11.3 Å². The highest BCUT2D eigenvalue weighted by molar-refractivity contribution is 7.89. The van der Waals surface area contributed by atoms with Crippen LogP contribution in [0.15, 0.2) is 16.0 Å². The number of aliphatic imine (C=N–C) groups is 1. The fraction of sp³-hybridized carbons (Fsp3) is 0.750. The predicted octanol–water partition coefficient (Wildman–Crippen LogP) is 2.80. The van der Waals surface area contributed by atoms with Crippen molar-refractivity contribution in [3.63, 3.8) is 0 Å². The number of hydrogen-bond acceptors (Lipinski definition) is 5. The van der Waals surface area contributed by atoms with Crippen molar-refractivity contribution in [3.05, 3.63) is 15.8 Å². The van der Waals surface area contributed by atoms with Crippen molar-refractivity contribution in [1.29, 1.82) is 0 Å². The van der Waals surface area contributed by atoms with Crippen LogP contribution in [0.3, 0.4) is 0 Å². The number of methoxy groups -OCH3 is 1. The number of sulfonamides is 1. The zero-order valence-electron chi connectivity index (χ0n) is 18.1. The Bertz CT molecular complexity index is 769. The summed E-state index contributed by atoms with van der Waals surface area (Å²) in [7, 11) is -1.73. The van der Waals surface area contributed by atoms with Crippen LogP contribution in [0.1, 0.15) is 48.8 Å². The lowest BCUT2D eigenvalue weighted by Crippen LogP contribution is -2.42. The lowest BCUT2D eigenvalue weighted by atomic mass is 9.83. The minimum Gasteiger partial charge on any atom is -0.385 e. The van der Waals surface area contributed by atoms with E-state index in [9.17, 15) is 8.42 Å². The topological polar surface area (TPSA) is 91.8 Å². The summed E-state index contributed by atoms with van der Waals surface area (Å²) in [5.41, 5.74) is 0.230. The molecule has 1 aliphatic carbocycles. The van der Waals surface area contributed by atoms with Gasteiger partial charge in [-0.2, -0.15) is 0 Å². The lowest BCUT2D eigenvalue weighted by Gasteiger charge is -2.27. The largest absolute Gasteiger partial charge is 0.385 e. The number of nitrogens with zero attached hydrogens (tertiary/aromatic N) is 1. The second-order valence-corrected chi connectivity index (χ2v) is 10.9. The fourth-order valence-electron chi connectivity index (χ4n) is 3.84. The number of hydrogen-bond donors (Lipinski definition) is 3. The van der Waals surface area contributed by atoms with E-state index >= 15 is 0 Å². The third kappa shape index (κ3) is 7.24. The number of thiophene rings is 1. The normalized spacial score (nSPS) is 16.9. The molecule has 2 rings (SSSR count). The number of aryl methyl sites for hydroxylation is 2. The average Bonchev–Trinajstić information content (AvgIpc) is 3.28. The molecule has 1 aromatic rings.